The second kappa shape index (κ2) is 6.95. The summed E-state index contributed by atoms with van der Waals surface area (Å²) in [5.74, 6) is 0.480. The average molecular weight is 388 g/mol. The minimum Gasteiger partial charge on any atom is -0.467 e. The van der Waals surface area contributed by atoms with Gasteiger partial charge in [0.15, 0.2) is 0 Å². The van der Waals surface area contributed by atoms with Gasteiger partial charge in [-0.1, -0.05) is 13.8 Å². The van der Waals surface area contributed by atoms with E-state index < -0.39 is 37.3 Å². The van der Waals surface area contributed by atoms with Gasteiger partial charge in [-0.15, -0.1) is 0 Å². The van der Waals surface area contributed by atoms with E-state index in [1.807, 2.05) is 13.0 Å². The van der Waals surface area contributed by atoms with E-state index in [4.69, 9.17) is 14.2 Å². The van der Waals surface area contributed by atoms with Crippen molar-refractivity contribution in [2.24, 2.45) is 5.41 Å². The molecule has 156 valence electrons. The Labute approximate surface area is 159 Å². The van der Waals surface area contributed by atoms with Crippen LogP contribution in [0.15, 0.2) is 11.8 Å². The molecule has 2 saturated heterocycles. The minimum absolute atomic E-state index is 0.209. The summed E-state index contributed by atoms with van der Waals surface area (Å²) in [6.45, 7) is 7.39. The summed E-state index contributed by atoms with van der Waals surface area (Å²) in [4.78, 5) is 0. The van der Waals surface area contributed by atoms with Gasteiger partial charge in [-0.25, -0.2) is 0 Å². The molecule has 0 bridgehead atoms. The molecule has 0 aromatic heterocycles. The first-order chi connectivity index (χ1) is 12.5. The molecule has 5 N–H and O–H groups in total. The Balaban J connectivity index is 1.67. The Morgan fingerprint density at radius 1 is 1.07 bits per heavy atom. The van der Waals surface area contributed by atoms with Gasteiger partial charge in [-0.2, -0.15) is 0 Å². The van der Waals surface area contributed by atoms with Crippen LogP contribution in [0.1, 0.15) is 47.0 Å². The lowest BCUT2D eigenvalue weighted by Gasteiger charge is -2.40. The van der Waals surface area contributed by atoms with Gasteiger partial charge < -0.3 is 39.7 Å². The second-order valence-corrected chi connectivity index (χ2v) is 8.94. The lowest BCUT2D eigenvalue weighted by molar-refractivity contribution is -0.291. The van der Waals surface area contributed by atoms with E-state index in [1.54, 1.807) is 6.92 Å². The monoisotopic (exact) mass is 388 g/mol. The molecule has 1 saturated carbocycles. The summed E-state index contributed by atoms with van der Waals surface area (Å²) in [5, 5.41) is 49.1. The zero-order valence-corrected chi connectivity index (χ0v) is 16.3. The van der Waals surface area contributed by atoms with Gasteiger partial charge in [0.25, 0.3) is 0 Å². The predicted octanol–water partition coefficient (Wildman–Crippen LogP) is -0.195. The molecule has 3 fully saturated rings. The smallest absolute Gasteiger partial charge is 0.228 e. The SMILES string of the molecule is C/C(=C\C[C@]12O[C@@]1(C)C[C@@H](O)CC2(C)C)O[C@@H]1O[C@H](CO)[C@@H](O)[C@H](O)[C@H]1O. The Bertz CT molecular complexity index is 590. The standard InChI is InChI=1S/C19H32O8/c1-10(25-16-15(24)14(23)13(22)12(9-20)26-16)5-6-19-17(2,3)7-11(21)8-18(19,4)27-19/h5,11-16,20-24H,6-9H2,1-4H3/b10-5+/t11-,12+,13+,14-,15+,16+,18-,19+/m0/s1. The summed E-state index contributed by atoms with van der Waals surface area (Å²) < 4.78 is 17.1. The van der Waals surface area contributed by atoms with Crippen LogP contribution in [0.2, 0.25) is 0 Å². The van der Waals surface area contributed by atoms with Crippen LogP contribution in [0, 0.1) is 5.41 Å². The number of aliphatic hydroxyl groups is 5. The minimum atomic E-state index is -1.47. The van der Waals surface area contributed by atoms with Gasteiger partial charge in [0, 0.05) is 12.8 Å². The van der Waals surface area contributed by atoms with Crippen LogP contribution in [-0.2, 0) is 14.2 Å². The molecule has 2 heterocycles. The van der Waals surface area contributed by atoms with Crippen molar-refractivity contribution < 1.29 is 39.7 Å². The average Bonchev–Trinajstić information content (AvgIpc) is 3.19. The van der Waals surface area contributed by atoms with E-state index >= 15 is 0 Å². The normalized spacial score (nSPS) is 49.4. The van der Waals surface area contributed by atoms with Crippen molar-refractivity contribution in [1.29, 1.82) is 0 Å². The molecule has 8 nitrogen and oxygen atoms in total. The molecule has 0 radical (unpaired) electrons. The Morgan fingerprint density at radius 3 is 2.33 bits per heavy atom. The molecule has 8 atom stereocenters. The fourth-order valence-corrected chi connectivity index (χ4v) is 4.91. The van der Waals surface area contributed by atoms with Crippen LogP contribution in [0.25, 0.3) is 0 Å². The van der Waals surface area contributed by atoms with E-state index in [0.717, 1.165) is 0 Å². The van der Waals surface area contributed by atoms with Gasteiger partial charge in [0.05, 0.1) is 24.1 Å². The van der Waals surface area contributed by atoms with Crippen molar-refractivity contribution in [1.82, 2.24) is 0 Å². The summed E-state index contributed by atoms with van der Waals surface area (Å²) in [6.07, 6.45) is -3.22. The highest BCUT2D eigenvalue weighted by Gasteiger charge is 2.75. The van der Waals surface area contributed by atoms with Crippen LogP contribution in [-0.4, -0.2) is 80.2 Å². The Kier molecular flexibility index (Phi) is 5.40. The van der Waals surface area contributed by atoms with Gasteiger partial charge in [0.2, 0.25) is 6.29 Å². The fourth-order valence-electron chi connectivity index (χ4n) is 4.91. The highest BCUT2D eigenvalue weighted by atomic mass is 16.7. The maximum Gasteiger partial charge on any atom is 0.228 e. The quantitative estimate of drug-likeness (QED) is 0.323. The molecule has 0 aromatic carbocycles. The van der Waals surface area contributed by atoms with Gasteiger partial charge in [-0.3, -0.25) is 0 Å². The van der Waals surface area contributed by atoms with Crippen molar-refractivity contribution in [3.05, 3.63) is 11.8 Å². The number of hydrogen-bond donors (Lipinski definition) is 5. The summed E-state index contributed by atoms with van der Waals surface area (Å²) in [7, 11) is 0. The molecule has 0 spiro atoms. The van der Waals surface area contributed by atoms with Crippen molar-refractivity contribution in [3.8, 4) is 0 Å². The predicted molar refractivity (Wildman–Crippen MR) is 94.5 cm³/mol. The Hall–Kier alpha value is -0.740. The van der Waals surface area contributed by atoms with Crippen molar-refractivity contribution >= 4 is 0 Å². The number of hydrogen-bond acceptors (Lipinski definition) is 8. The number of allylic oxidation sites excluding steroid dienone is 1. The second-order valence-electron chi connectivity index (χ2n) is 8.94. The maximum absolute atomic E-state index is 10.1. The number of fused-ring (bicyclic) bond motifs is 1. The van der Waals surface area contributed by atoms with Gasteiger partial charge >= 0.3 is 0 Å². The lowest BCUT2D eigenvalue weighted by atomic mass is 9.62. The van der Waals surface area contributed by atoms with Crippen molar-refractivity contribution in [2.75, 3.05) is 6.61 Å². The van der Waals surface area contributed by atoms with Crippen LogP contribution >= 0.6 is 0 Å². The summed E-state index contributed by atoms with van der Waals surface area (Å²) in [5.41, 5.74) is -0.980. The fraction of sp³-hybridized carbons (Fsp3) is 0.895. The molecular weight excluding hydrogens is 356 g/mol. The molecule has 0 aromatic rings. The first-order valence-corrected chi connectivity index (χ1v) is 9.48. The summed E-state index contributed by atoms with van der Waals surface area (Å²) in [6, 6.07) is 0. The molecule has 3 rings (SSSR count). The number of aliphatic hydroxyl groups excluding tert-OH is 5. The molecular formula is C19H32O8. The molecule has 3 aliphatic rings. The van der Waals surface area contributed by atoms with Crippen LogP contribution < -0.4 is 0 Å². The number of ether oxygens (including phenoxy) is 3. The zero-order valence-electron chi connectivity index (χ0n) is 16.3. The molecule has 1 aliphatic carbocycles. The third-order valence-electron chi connectivity index (χ3n) is 6.50. The third kappa shape index (κ3) is 3.42. The first-order valence-electron chi connectivity index (χ1n) is 9.48. The topological polar surface area (TPSA) is 132 Å². The number of rotatable bonds is 5. The Morgan fingerprint density at radius 2 is 1.74 bits per heavy atom. The summed E-state index contributed by atoms with van der Waals surface area (Å²) >= 11 is 0. The highest BCUT2D eigenvalue weighted by Crippen LogP contribution is 2.67. The molecule has 27 heavy (non-hydrogen) atoms. The van der Waals surface area contributed by atoms with E-state index in [0.29, 0.717) is 25.0 Å². The zero-order chi connectivity index (χ0) is 20.2. The van der Waals surface area contributed by atoms with Crippen molar-refractivity contribution in [3.63, 3.8) is 0 Å². The molecule has 8 heteroatoms. The van der Waals surface area contributed by atoms with Gasteiger partial charge in [0.1, 0.15) is 30.0 Å². The number of epoxide rings is 1. The van der Waals surface area contributed by atoms with E-state index in [-0.39, 0.29) is 22.7 Å². The van der Waals surface area contributed by atoms with E-state index in [9.17, 15) is 25.5 Å². The molecule has 0 amide bonds. The van der Waals surface area contributed by atoms with Gasteiger partial charge in [-0.05, 0) is 31.8 Å². The lowest BCUT2D eigenvalue weighted by Crippen LogP contribution is -2.59. The van der Waals surface area contributed by atoms with Crippen molar-refractivity contribution in [2.45, 2.75) is 95.0 Å². The molecule has 0 unspecified atom stereocenters. The van der Waals surface area contributed by atoms with E-state index in [2.05, 4.69) is 13.8 Å². The van der Waals surface area contributed by atoms with E-state index in [1.165, 1.54) is 0 Å². The van der Waals surface area contributed by atoms with Crippen LogP contribution in [0.3, 0.4) is 0 Å². The highest BCUT2D eigenvalue weighted by molar-refractivity contribution is 5.25. The largest absolute Gasteiger partial charge is 0.467 e. The third-order valence-corrected chi connectivity index (χ3v) is 6.50. The first kappa shape index (κ1) is 21.0. The van der Waals surface area contributed by atoms with Crippen LogP contribution in [0.5, 0.6) is 0 Å². The maximum atomic E-state index is 10.1. The van der Waals surface area contributed by atoms with Crippen LogP contribution in [0.4, 0.5) is 0 Å². The molecule has 2 aliphatic heterocycles.